The van der Waals surface area contributed by atoms with E-state index < -0.39 is 7.29 Å². The summed E-state index contributed by atoms with van der Waals surface area (Å²) in [4.78, 5) is 0. The van der Waals surface area contributed by atoms with Crippen LogP contribution < -0.4 is 15.7 Å². The fourth-order valence-corrected chi connectivity index (χ4v) is 6.95. The maximum absolute atomic E-state index is 14.4. The molecule has 0 aliphatic heterocycles. The molecule has 1 atom stereocenters. The standard InChI is InChI=1S/C25H36NOP/c1-21(2)18-19-23(20-22-12-6-3-7-13-22)26-28(27,24-14-8-4-9-15-24)25-16-10-5-11-17-25/h4-5,8-11,14-17,21-23H,3,6-7,12-13,18-20H2,1-2H3,(H,26,27)/t23-/m1/s1. The summed E-state index contributed by atoms with van der Waals surface area (Å²) in [5.74, 6) is 1.45. The average Bonchev–Trinajstić information content (AvgIpc) is 2.74. The van der Waals surface area contributed by atoms with Gasteiger partial charge >= 0.3 is 0 Å². The third kappa shape index (κ3) is 5.82. The summed E-state index contributed by atoms with van der Waals surface area (Å²) in [6.45, 7) is 4.57. The topological polar surface area (TPSA) is 29.1 Å². The van der Waals surface area contributed by atoms with E-state index in [4.69, 9.17) is 0 Å². The summed E-state index contributed by atoms with van der Waals surface area (Å²) in [6.07, 6.45) is 10.2. The number of hydrogen-bond acceptors (Lipinski definition) is 1. The van der Waals surface area contributed by atoms with E-state index in [1.165, 1.54) is 38.5 Å². The van der Waals surface area contributed by atoms with E-state index in [1.807, 2.05) is 60.7 Å². The van der Waals surface area contributed by atoms with Crippen LogP contribution in [0.4, 0.5) is 0 Å². The van der Waals surface area contributed by atoms with E-state index in [9.17, 15) is 4.57 Å². The molecule has 0 spiro atoms. The molecule has 3 heteroatoms. The van der Waals surface area contributed by atoms with Gasteiger partial charge in [-0.2, -0.15) is 0 Å². The summed E-state index contributed by atoms with van der Waals surface area (Å²) in [5, 5.41) is 5.55. The molecule has 1 fully saturated rings. The Morgan fingerprint density at radius 3 is 1.89 bits per heavy atom. The Morgan fingerprint density at radius 1 is 0.857 bits per heavy atom. The molecule has 152 valence electrons. The van der Waals surface area contributed by atoms with Gasteiger partial charge in [-0.15, -0.1) is 0 Å². The Kier molecular flexibility index (Phi) is 7.94. The minimum absolute atomic E-state index is 0.303. The minimum atomic E-state index is -2.86. The first kappa shape index (κ1) is 21.3. The van der Waals surface area contributed by atoms with Crippen molar-refractivity contribution in [1.29, 1.82) is 0 Å². The second-order valence-corrected chi connectivity index (χ2v) is 11.3. The second kappa shape index (κ2) is 10.4. The predicted octanol–water partition coefficient (Wildman–Crippen LogP) is 6.28. The van der Waals surface area contributed by atoms with Crippen molar-refractivity contribution in [3.05, 3.63) is 60.7 Å². The van der Waals surface area contributed by atoms with Crippen LogP contribution in [0.5, 0.6) is 0 Å². The van der Waals surface area contributed by atoms with Crippen LogP contribution in [0.3, 0.4) is 0 Å². The molecule has 0 heterocycles. The van der Waals surface area contributed by atoms with E-state index in [2.05, 4.69) is 18.9 Å². The zero-order valence-corrected chi connectivity index (χ0v) is 18.4. The zero-order valence-electron chi connectivity index (χ0n) is 17.5. The molecule has 0 radical (unpaired) electrons. The lowest BCUT2D eigenvalue weighted by molar-refractivity contribution is 0.298. The number of benzene rings is 2. The van der Waals surface area contributed by atoms with Gasteiger partial charge < -0.3 is 0 Å². The maximum atomic E-state index is 14.4. The van der Waals surface area contributed by atoms with Gasteiger partial charge in [0.1, 0.15) is 0 Å². The van der Waals surface area contributed by atoms with Crippen molar-refractivity contribution >= 4 is 17.9 Å². The summed E-state index contributed by atoms with van der Waals surface area (Å²) in [5.41, 5.74) is 0. The second-order valence-electron chi connectivity index (χ2n) is 8.82. The van der Waals surface area contributed by atoms with Crippen LogP contribution in [0.25, 0.3) is 0 Å². The normalized spacial score (nSPS) is 17.0. The van der Waals surface area contributed by atoms with Crippen LogP contribution >= 0.6 is 7.29 Å². The molecule has 0 saturated heterocycles. The van der Waals surface area contributed by atoms with Gasteiger partial charge in [-0.25, -0.2) is 0 Å². The van der Waals surface area contributed by atoms with E-state index in [0.717, 1.165) is 29.4 Å². The lowest BCUT2D eigenvalue weighted by atomic mass is 9.84. The molecular weight excluding hydrogens is 361 g/mol. The van der Waals surface area contributed by atoms with Crippen LogP contribution in [0.2, 0.25) is 0 Å². The van der Waals surface area contributed by atoms with Crippen LogP contribution in [0.15, 0.2) is 60.7 Å². The fourth-order valence-electron chi connectivity index (χ4n) is 4.43. The molecule has 0 aromatic heterocycles. The fraction of sp³-hybridized carbons (Fsp3) is 0.520. The Bertz CT molecular complexity index is 694. The van der Waals surface area contributed by atoms with Gasteiger partial charge in [0.05, 0.1) is 0 Å². The average molecular weight is 398 g/mol. The van der Waals surface area contributed by atoms with Gasteiger partial charge in [0, 0.05) is 16.7 Å². The third-order valence-corrected chi connectivity index (χ3v) is 8.82. The third-order valence-electron chi connectivity index (χ3n) is 6.04. The SMILES string of the molecule is CC(C)CC[C@H](CC1CCCCC1)NP(=O)(c1ccccc1)c1ccccc1. The highest BCUT2D eigenvalue weighted by molar-refractivity contribution is 7.76. The molecule has 0 bridgehead atoms. The summed E-state index contributed by atoms with van der Waals surface area (Å²) < 4.78 is 14.4. The van der Waals surface area contributed by atoms with Gasteiger partial charge in [-0.1, -0.05) is 82.3 Å². The van der Waals surface area contributed by atoms with Gasteiger partial charge in [-0.3, -0.25) is 9.65 Å². The molecule has 0 unspecified atom stereocenters. The molecule has 2 nitrogen and oxygen atoms in total. The molecule has 1 saturated carbocycles. The smallest absolute Gasteiger partial charge is 0.204 e. The summed E-state index contributed by atoms with van der Waals surface area (Å²) in [7, 11) is -2.86. The van der Waals surface area contributed by atoms with E-state index in [1.54, 1.807) is 0 Å². The van der Waals surface area contributed by atoms with Crippen LogP contribution in [0, 0.1) is 11.8 Å². The van der Waals surface area contributed by atoms with Crippen molar-refractivity contribution in [1.82, 2.24) is 5.09 Å². The molecule has 3 rings (SSSR count). The first-order chi connectivity index (χ1) is 13.6. The highest BCUT2D eigenvalue weighted by atomic mass is 31.2. The van der Waals surface area contributed by atoms with Crippen LogP contribution in [0.1, 0.15) is 65.2 Å². The van der Waals surface area contributed by atoms with Crippen LogP contribution in [-0.4, -0.2) is 6.04 Å². The first-order valence-corrected chi connectivity index (χ1v) is 12.8. The molecule has 28 heavy (non-hydrogen) atoms. The van der Waals surface area contributed by atoms with Crippen molar-refractivity contribution in [2.45, 2.75) is 71.3 Å². The first-order valence-electron chi connectivity index (χ1n) is 11.1. The Balaban J connectivity index is 1.87. The molecule has 0 amide bonds. The van der Waals surface area contributed by atoms with E-state index in [0.29, 0.717) is 12.0 Å². The number of rotatable bonds is 9. The lowest BCUT2D eigenvalue weighted by Crippen LogP contribution is -2.37. The maximum Gasteiger partial charge on any atom is 0.204 e. The Morgan fingerprint density at radius 2 is 1.39 bits per heavy atom. The zero-order chi connectivity index (χ0) is 19.8. The van der Waals surface area contributed by atoms with Crippen molar-refractivity contribution in [3.8, 4) is 0 Å². The van der Waals surface area contributed by atoms with Crippen molar-refractivity contribution in [3.63, 3.8) is 0 Å². The van der Waals surface area contributed by atoms with Gasteiger partial charge in [0.25, 0.3) is 0 Å². The molecule has 2 aromatic rings. The van der Waals surface area contributed by atoms with Gasteiger partial charge in [-0.05, 0) is 55.4 Å². The molecule has 1 N–H and O–H groups in total. The van der Waals surface area contributed by atoms with E-state index >= 15 is 0 Å². The van der Waals surface area contributed by atoms with Crippen LogP contribution in [-0.2, 0) is 4.57 Å². The molecular formula is C25H36NOP. The number of nitrogens with one attached hydrogen (secondary N) is 1. The predicted molar refractivity (Wildman–Crippen MR) is 122 cm³/mol. The van der Waals surface area contributed by atoms with Crippen molar-refractivity contribution < 1.29 is 4.57 Å². The van der Waals surface area contributed by atoms with Crippen molar-refractivity contribution in [2.75, 3.05) is 0 Å². The summed E-state index contributed by atoms with van der Waals surface area (Å²) >= 11 is 0. The van der Waals surface area contributed by atoms with E-state index in [-0.39, 0.29) is 0 Å². The quantitative estimate of drug-likeness (QED) is 0.505. The summed E-state index contributed by atoms with van der Waals surface area (Å²) in [6, 6.07) is 20.3. The van der Waals surface area contributed by atoms with Crippen molar-refractivity contribution in [2.24, 2.45) is 11.8 Å². The largest absolute Gasteiger partial charge is 0.297 e. The molecule has 1 aliphatic carbocycles. The minimum Gasteiger partial charge on any atom is -0.297 e. The lowest BCUT2D eigenvalue weighted by Gasteiger charge is -2.31. The highest BCUT2D eigenvalue weighted by Crippen LogP contribution is 2.41. The molecule has 1 aliphatic rings. The Hall–Kier alpha value is -1.37. The number of hydrogen-bond donors (Lipinski definition) is 1. The van der Waals surface area contributed by atoms with Gasteiger partial charge in [0.15, 0.2) is 0 Å². The highest BCUT2D eigenvalue weighted by Gasteiger charge is 2.31. The molecule has 2 aromatic carbocycles. The van der Waals surface area contributed by atoms with Gasteiger partial charge in [0.2, 0.25) is 7.29 Å². The Labute approximate surface area is 171 Å². The monoisotopic (exact) mass is 397 g/mol.